The minimum absolute atomic E-state index is 0. The van der Waals surface area contributed by atoms with E-state index in [1.165, 1.54) is 22.4 Å². The molecule has 40 heavy (non-hydrogen) atoms. The van der Waals surface area contributed by atoms with Crippen molar-refractivity contribution in [3.8, 4) is 11.3 Å². The van der Waals surface area contributed by atoms with Gasteiger partial charge in [0.25, 0.3) is 0 Å². The quantitative estimate of drug-likeness (QED) is 0.188. The molecule has 3 aromatic carbocycles. The largest absolute Gasteiger partial charge is 0.668 e. The van der Waals surface area contributed by atoms with E-state index in [-0.39, 0.29) is 46.4 Å². The molecule has 0 spiro atoms. The van der Waals surface area contributed by atoms with Gasteiger partial charge in [-0.25, -0.2) is 0 Å². The second kappa shape index (κ2) is 15.7. The summed E-state index contributed by atoms with van der Waals surface area (Å²) in [6, 6.07) is 30.4. The molecule has 1 aromatic heterocycles. The molecule has 1 unspecified atom stereocenters. The molecule has 4 aromatic rings. The van der Waals surface area contributed by atoms with E-state index in [9.17, 15) is 0 Å². The first-order chi connectivity index (χ1) is 18.4. The minimum Gasteiger partial charge on any atom is -0.668 e. The van der Waals surface area contributed by atoms with Crippen LogP contribution in [0.4, 0.5) is 11.4 Å². The summed E-state index contributed by atoms with van der Waals surface area (Å²) in [7, 11) is 0. The van der Waals surface area contributed by atoms with Gasteiger partial charge in [-0.3, -0.25) is 4.85 Å². The maximum absolute atomic E-state index is 7.26. The number of benzene rings is 3. The maximum Gasteiger partial charge on any atom is 0.0899 e. The van der Waals surface area contributed by atoms with Gasteiger partial charge in [0.15, 0.2) is 0 Å². The Kier molecular flexibility index (Phi) is 13.0. The maximum atomic E-state index is 7.26. The number of rotatable bonds is 5. The van der Waals surface area contributed by atoms with Gasteiger partial charge in [-0.05, 0) is 53.5 Å². The molecule has 1 aliphatic heterocycles. The Morgan fingerprint density at radius 1 is 0.900 bits per heavy atom. The summed E-state index contributed by atoms with van der Waals surface area (Å²) >= 11 is 0. The third-order valence-corrected chi connectivity index (χ3v) is 6.43. The number of para-hydroxylation sites is 1. The molecule has 1 aliphatic rings. The fraction of sp³-hybridized carbons (Fsp3) is 0.235. The van der Waals surface area contributed by atoms with Crippen molar-refractivity contribution in [2.75, 3.05) is 4.90 Å². The van der Waals surface area contributed by atoms with Gasteiger partial charge < -0.3 is 15.2 Å². The third-order valence-electron chi connectivity index (χ3n) is 6.43. The Morgan fingerprint density at radius 3 is 2.20 bits per heavy atom. The zero-order valence-electron chi connectivity index (χ0n) is 23.3. The third kappa shape index (κ3) is 8.00. The van der Waals surface area contributed by atoms with Crippen LogP contribution in [0.3, 0.4) is 0 Å². The van der Waals surface area contributed by atoms with Crippen molar-refractivity contribution in [3.05, 3.63) is 143 Å². The zero-order chi connectivity index (χ0) is 27.1. The number of hydrogen-bond donors (Lipinski definition) is 0. The zero-order valence-corrected chi connectivity index (χ0v) is 28.1. The van der Waals surface area contributed by atoms with Gasteiger partial charge in [0, 0.05) is 52.1 Å². The average molecular weight is 882 g/mol. The Morgan fingerprint density at radius 2 is 1.62 bits per heavy atom. The average Bonchev–Trinajstić information content (AvgIpc) is 3.43. The van der Waals surface area contributed by atoms with Crippen molar-refractivity contribution < 1.29 is 40.2 Å². The van der Waals surface area contributed by atoms with Crippen LogP contribution in [0.15, 0.2) is 91.4 Å². The molecule has 0 bridgehead atoms. The van der Waals surface area contributed by atoms with Gasteiger partial charge in [0.2, 0.25) is 0 Å². The second-order valence-electron chi connectivity index (χ2n) is 9.93. The summed E-state index contributed by atoms with van der Waals surface area (Å²) in [5.41, 5.74) is 8.62. The summed E-state index contributed by atoms with van der Waals surface area (Å²) in [4.78, 5) is 10.1. The van der Waals surface area contributed by atoms with E-state index in [1.807, 2.05) is 68.0 Å². The molecule has 6 heteroatoms. The predicted octanol–water partition coefficient (Wildman–Crippen LogP) is 9.50. The van der Waals surface area contributed by atoms with Crippen LogP contribution in [0.5, 0.6) is 0 Å². The Bertz CT molecular complexity index is 1400. The number of aryl methyl sites for hydroxylation is 1. The van der Waals surface area contributed by atoms with E-state index in [2.05, 4.69) is 84.1 Å². The molecule has 0 fully saturated rings. The molecule has 1 atom stereocenters. The van der Waals surface area contributed by atoms with Crippen LogP contribution in [0.1, 0.15) is 68.0 Å². The summed E-state index contributed by atoms with van der Waals surface area (Å²) in [5, 5.41) is 4.65. The molecule has 0 aliphatic carbocycles. The predicted molar refractivity (Wildman–Crippen MR) is 157 cm³/mol. The second-order valence-corrected chi connectivity index (χ2v) is 9.93. The summed E-state index contributed by atoms with van der Waals surface area (Å²) in [5.74, 6) is 0.837. The standard InChI is InChI=1S/C22H23N3.C12H10N.2Ir/c1-15(2)19-10-7-11-20(16(3)4)21(19)25-13-12-24-22(25)17-8-6-9-18(14-17)23-5;1-10-7-8-12(13-9-10)11-5-3-2-4-6-11;;/h6-7,9-16,22H,1-4H3;2-5,7-9H,1H3;;/q-2;-1;;. The molecule has 2 radical (unpaired) electrons. The van der Waals surface area contributed by atoms with Crippen LogP contribution in [0.25, 0.3) is 21.4 Å². The first kappa shape index (κ1) is 33.1. The molecule has 0 N–H and O–H groups in total. The van der Waals surface area contributed by atoms with Crippen LogP contribution in [0.2, 0.25) is 0 Å². The summed E-state index contributed by atoms with van der Waals surface area (Å²) < 4.78 is 0. The Hall–Kier alpha value is -3.06. The molecule has 210 valence electrons. The van der Waals surface area contributed by atoms with Gasteiger partial charge in [-0.1, -0.05) is 58.0 Å². The minimum atomic E-state index is -0.168. The topological polar surface area (TPSA) is 34.6 Å². The van der Waals surface area contributed by atoms with Gasteiger partial charge in [0.1, 0.15) is 0 Å². The van der Waals surface area contributed by atoms with Crippen molar-refractivity contribution in [2.45, 2.75) is 52.6 Å². The van der Waals surface area contributed by atoms with E-state index < -0.39 is 0 Å². The van der Waals surface area contributed by atoms with Gasteiger partial charge in [-0.15, -0.1) is 35.9 Å². The first-order valence-corrected chi connectivity index (χ1v) is 13.0. The van der Waals surface area contributed by atoms with E-state index in [0.29, 0.717) is 17.5 Å². The van der Waals surface area contributed by atoms with Gasteiger partial charge in [0.05, 0.1) is 12.3 Å². The number of aromatic nitrogens is 1. The fourth-order valence-corrected chi connectivity index (χ4v) is 4.45. The molecule has 4 nitrogen and oxygen atoms in total. The fourth-order valence-electron chi connectivity index (χ4n) is 4.45. The Balaban J connectivity index is 0.000000317. The number of nitrogens with zero attached hydrogens (tertiary/aromatic N) is 4. The van der Waals surface area contributed by atoms with Crippen LogP contribution in [-0.2, 0) is 40.2 Å². The molecule has 0 amide bonds. The Labute approximate surface area is 266 Å². The molecule has 5 rings (SSSR count). The SMILES string of the molecule is Cc1ccc(-c2[c-]cccc2)nc1.[C-]#[N+]c1cc[c-]c(C2[N-]C=CN2c2c(C(C)C)cccc2C(C)C)c1.[Ir].[Ir]. The number of hydrogen-bond acceptors (Lipinski definition) is 2. The van der Waals surface area contributed by atoms with Crippen LogP contribution < -0.4 is 4.90 Å². The molecule has 2 heterocycles. The summed E-state index contributed by atoms with van der Waals surface area (Å²) in [6.07, 6.45) is 5.59. The molecule has 0 saturated carbocycles. The first-order valence-electron chi connectivity index (χ1n) is 13.0. The molecule has 0 saturated heterocycles. The van der Waals surface area contributed by atoms with E-state index in [0.717, 1.165) is 16.8 Å². The smallest absolute Gasteiger partial charge is 0.0899 e. The molecular formula is C34H33Ir2N4-3. The normalized spacial score (nSPS) is 13.4. The van der Waals surface area contributed by atoms with Crippen LogP contribution >= 0.6 is 0 Å². The van der Waals surface area contributed by atoms with Crippen molar-refractivity contribution in [1.29, 1.82) is 0 Å². The van der Waals surface area contributed by atoms with E-state index in [4.69, 9.17) is 6.57 Å². The van der Waals surface area contributed by atoms with Crippen molar-refractivity contribution in [2.24, 2.45) is 0 Å². The van der Waals surface area contributed by atoms with Crippen LogP contribution in [0, 0.1) is 25.6 Å². The number of pyridine rings is 1. The molecular weight excluding hydrogens is 849 g/mol. The van der Waals surface area contributed by atoms with Crippen molar-refractivity contribution in [1.82, 2.24) is 4.98 Å². The summed E-state index contributed by atoms with van der Waals surface area (Å²) in [6.45, 7) is 18.2. The number of anilines is 1. The van der Waals surface area contributed by atoms with Crippen molar-refractivity contribution >= 4 is 11.4 Å². The van der Waals surface area contributed by atoms with Gasteiger partial charge in [-0.2, -0.15) is 36.0 Å². The van der Waals surface area contributed by atoms with Crippen LogP contribution in [-0.4, -0.2) is 4.98 Å². The van der Waals surface area contributed by atoms with Gasteiger partial charge >= 0.3 is 0 Å². The monoisotopic (exact) mass is 883 g/mol. The van der Waals surface area contributed by atoms with E-state index >= 15 is 0 Å². The van der Waals surface area contributed by atoms with Crippen molar-refractivity contribution in [3.63, 3.8) is 0 Å². The van der Waals surface area contributed by atoms with E-state index in [1.54, 1.807) is 6.07 Å².